The first-order chi connectivity index (χ1) is 23.3. The Balaban J connectivity index is 1.26. The van der Waals surface area contributed by atoms with Crippen LogP contribution in [-0.4, -0.2) is 15.0 Å². The Morgan fingerprint density at radius 1 is 0.426 bits per heavy atom. The van der Waals surface area contributed by atoms with E-state index in [1.807, 2.05) is 59.5 Å². The average Bonchev–Trinajstić information content (AvgIpc) is 3.72. The molecule has 8 aromatic rings. The van der Waals surface area contributed by atoms with E-state index < -0.39 is 5.41 Å². The van der Waals surface area contributed by atoms with E-state index in [9.17, 15) is 0 Å². The van der Waals surface area contributed by atoms with Gasteiger partial charge in [0.2, 0.25) is 0 Å². The summed E-state index contributed by atoms with van der Waals surface area (Å²) in [4.78, 5) is 17.7. The topological polar surface area (TPSA) is 38.7 Å². The van der Waals surface area contributed by atoms with Gasteiger partial charge < -0.3 is 0 Å². The first-order valence-electron chi connectivity index (χ1n) is 15.7. The van der Waals surface area contributed by atoms with Crippen molar-refractivity contribution < 1.29 is 0 Å². The van der Waals surface area contributed by atoms with Crippen LogP contribution in [0.1, 0.15) is 22.3 Å². The van der Waals surface area contributed by atoms with Crippen LogP contribution in [0.3, 0.4) is 0 Å². The van der Waals surface area contributed by atoms with E-state index in [0.29, 0.717) is 17.5 Å². The van der Waals surface area contributed by atoms with Gasteiger partial charge in [-0.25, -0.2) is 15.0 Å². The Hall–Kier alpha value is -5.36. The van der Waals surface area contributed by atoms with Gasteiger partial charge in [-0.2, -0.15) is 0 Å². The van der Waals surface area contributed by atoms with Crippen molar-refractivity contribution in [3.05, 3.63) is 173 Å². The Bertz CT molecular complexity index is 2400. The van der Waals surface area contributed by atoms with E-state index in [0.717, 1.165) is 16.7 Å². The van der Waals surface area contributed by atoms with Crippen LogP contribution >= 0.6 is 23.1 Å². The van der Waals surface area contributed by atoms with Gasteiger partial charge in [0.05, 0.1) is 5.41 Å². The third kappa shape index (κ3) is 3.97. The monoisotopic (exact) mass is 635 g/mol. The second-order valence-corrected chi connectivity index (χ2v) is 14.0. The molecule has 47 heavy (non-hydrogen) atoms. The summed E-state index contributed by atoms with van der Waals surface area (Å²) in [5.74, 6) is 2.00. The lowest BCUT2D eigenvalue weighted by Crippen LogP contribution is -2.31. The first-order valence-corrected chi connectivity index (χ1v) is 17.4. The molecule has 0 N–H and O–H groups in total. The predicted molar refractivity (Wildman–Crippen MR) is 193 cm³/mol. The summed E-state index contributed by atoms with van der Waals surface area (Å²) >= 11 is 3.68. The van der Waals surface area contributed by atoms with Crippen molar-refractivity contribution >= 4 is 33.2 Å². The molecule has 5 heteroatoms. The molecule has 1 aliphatic heterocycles. The molecule has 6 aromatic carbocycles. The molecular formula is C42H25N3S2. The normalized spacial score (nSPS) is 13.6. The summed E-state index contributed by atoms with van der Waals surface area (Å²) in [5.41, 5.74) is 10.3. The largest absolute Gasteiger partial charge is 0.208 e. The van der Waals surface area contributed by atoms with Gasteiger partial charge in [0, 0.05) is 31.2 Å². The summed E-state index contributed by atoms with van der Waals surface area (Å²) in [7, 11) is 0. The lowest BCUT2D eigenvalue weighted by atomic mass is 9.67. The zero-order valence-electron chi connectivity index (χ0n) is 25.1. The smallest absolute Gasteiger partial charge is 0.164 e. The van der Waals surface area contributed by atoms with Crippen LogP contribution in [0, 0.1) is 0 Å². The molecule has 0 atom stereocenters. The quantitative estimate of drug-likeness (QED) is 0.194. The number of benzene rings is 6. The van der Waals surface area contributed by atoms with Gasteiger partial charge in [0.25, 0.3) is 0 Å². The average molecular weight is 636 g/mol. The van der Waals surface area contributed by atoms with Gasteiger partial charge in [-0.1, -0.05) is 121 Å². The van der Waals surface area contributed by atoms with E-state index in [1.54, 1.807) is 0 Å². The fraction of sp³-hybridized carbons (Fsp3) is 0.0238. The Morgan fingerprint density at radius 2 is 0.979 bits per heavy atom. The zero-order chi connectivity index (χ0) is 31.0. The van der Waals surface area contributed by atoms with Crippen molar-refractivity contribution in [2.75, 3.05) is 0 Å². The molecule has 3 heterocycles. The van der Waals surface area contributed by atoms with E-state index in [4.69, 9.17) is 15.0 Å². The SMILES string of the molecule is c1ccc(-c2nc(-c3ccccc3)nc(-c3ccc4c(c3)-c3cc5ccsc5cc3C43c4ccccc4Sc4ccccc43)n2)cc1. The molecule has 0 amide bonds. The molecule has 10 rings (SSSR count). The van der Waals surface area contributed by atoms with E-state index in [1.165, 1.54) is 53.3 Å². The number of aromatic nitrogens is 3. The number of fused-ring (bicyclic) bond motifs is 10. The number of thiophene rings is 1. The van der Waals surface area contributed by atoms with E-state index >= 15 is 0 Å². The molecule has 0 fully saturated rings. The van der Waals surface area contributed by atoms with Gasteiger partial charge in [-0.3, -0.25) is 0 Å². The standard InChI is InChI=1S/C42H25N3S2/c1-3-11-26(12-4-1)39-43-40(27-13-5-2-6-14-27)45-41(44-39)29-19-20-32-30(24-29)31-23-28-21-22-46-38(28)25-35(31)42(32)33-15-7-9-17-36(33)47-37-18-10-8-16-34(37)42/h1-25H. The minimum absolute atomic E-state index is 0.427. The van der Waals surface area contributed by atoms with Crippen LogP contribution in [0.5, 0.6) is 0 Å². The van der Waals surface area contributed by atoms with Gasteiger partial charge in [-0.05, 0) is 80.5 Å². The Labute approximate surface area is 280 Å². The summed E-state index contributed by atoms with van der Waals surface area (Å²) in [5, 5.41) is 3.47. The minimum atomic E-state index is -0.427. The molecule has 3 nitrogen and oxygen atoms in total. The fourth-order valence-corrected chi connectivity index (χ4v) is 9.44. The van der Waals surface area contributed by atoms with Crippen molar-refractivity contribution in [2.45, 2.75) is 15.2 Å². The second-order valence-electron chi connectivity index (χ2n) is 12.0. The van der Waals surface area contributed by atoms with Crippen molar-refractivity contribution in [3.8, 4) is 45.3 Å². The maximum absolute atomic E-state index is 5.07. The maximum atomic E-state index is 5.07. The second kappa shape index (κ2) is 10.3. The molecule has 220 valence electrons. The third-order valence-electron chi connectivity index (χ3n) is 9.47. The highest BCUT2D eigenvalue weighted by molar-refractivity contribution is 7.99. The van der Waals surface area contributed by atoms with Gasteiger partial charge in [-0.15, -0.1) is 11.3 Å². The van der Waals surface area contributed by atoms with Crippen molar-refractivity contribution in [2.24, 2.45) is 0 Å². The highest BCUT2D eigenvalue weighted by Gasteiger charge is 2.50. The van der Waals surface area contributed by atoms with Crippen molar-refractivity contribution in [1.29, 1.82) is 0 Å². The first kappa shape index (κ1) is 26.8. The Kier molecular flexibility index (Phi) is 5.89. The molecule has 1 aliphatic carbocycles. The fourth-order valence-electron chi connectivity index (χ4n) is 7.43. The van der Waals surface area contributed by atoms with Crippen LogP contribution in [0.25, 0.3) is 55.4 Å². The maximum Gasteiger partial charge on any atom is 0.164 e. The predicted octanol–water partition coefficient (Wildman–Crippen LogP) is 10.9. The molecule has 1 spiro atoms. The molecule has 0 unspecified atom stereocenters. The van der Waals surface area contributed by atoms with Crippen LogP contribution in [0.15, 0.2) is 161 Å². The van der Waals surface area contributed by atoms with Crippen LogP contribution in [0.2, 0.25) is 0 Å². The molecular weight excluding hydrogens is 611 g/mol. The summed E-state index contributed by atoms with van der Waals surface area (Å²) < 4.78 is 1.31. The lowest BCUT2D eigenvalue weighted by Gasteiger charge is -2.39. The van der Waals surface area contributed by atoms with Gasteiger partial charge in [0.1, 0.15) is 0 Å². The van der Waals surface area contributed by atoms with Gasteiger partial charge >= 0.3 is 0 Å². The summed E-state index contributed by atoms with van der Waals surface area (Å²) in [6.45, 7) is 0. The van der Waals surface area contributed by atoms with Crippen molar-refractivity contribution in [1.82, 2.24) is 15.0 Å². The molecule has 0 radical (unpaired) electrons. The third-order valence-corrected chi connectivity index (χ3v) is 11.5. The molecule has 2 aromatic heterocycles. The highest BCUT2D eigenvalue weighted by Crippen LogP contribution is 2.63. The van der Waals surface area contributed by atoms with E-state index in [2.05, 4.69) is 115 Å². The van der Waals surface area contributed by atoms with E-state index in [-0.39, 0.29) is 0 Å². The minimum Gasteiger partial charge on any atom is -0.208 e. The molecule has 0 saturated heterocycles. The number of nitrogens with zero attached hydrogens (tertiary/aromatic N) is 3. The van der Waals surface area contributed by atoms with Gasteiger partial charge in [0.15, 0.2) is 17.5 Å². The highest BCUT2D eigenvalue weighted by atomic mass is 32.2. The molecule has 0 bridgehead atoms. The summed E-state index contributed by atoms with van der Waals surface area (Å²) in [6, 6.07) is 52.2. The zero-order valence-corrected chi connectivity index (χ0v) is 26.7. The van der Waals surface area contributed by atoms with Crippen LogP contribution in [0.4, 0.5) is 0 Å². The molecule has 2 aliphatic rings. The molecule has 0 saturated carbocycles. The summed E-state index contributed by atoms with van der Waals surface area (Å²) in [6.07, 6.45) is 0. The number of hydrogen-bond donors (Lipinski definition) is 0. The van der Waals surface area contributed by atoms with Crippen LogP contribution < -0.4 is 0 Å². The Morgan fingerprint density at radius 3 is 1.62 bits per heavy atom. The lowest BCUT2D eigenvalue weighted by molar-refractivity contribution is 0.723. The number of rotatable bonds is 3. The number of hydrogen-bond acceptors (Lipinski definition) is 5. The van der Waals surface area contributed by atoms with Crippen molar-refractivity contribution in [3.63, 3.8) is 0 Å². The van der Waals surface area contributed by atoms with Crippen LogP contribution in [-0.2, 0) is 5.41 Å².